The first-order chi connectivity index (χ1) is 6.27. The van der Waals surface area contributed by atoms with Gasteiger partial charge in [-0.3, -0.25) is 4.79 Å². The topological polar surface area (TPSA) is 49.3 Å². The molecule has 1 aromatic carbocycles. The van der Waals surface area contributed by atoms with Gasteiger partial charge in [0, 0.05) is 17.3 Å². The Labute approximate surface area is 81.3 Å². The second-order valence-corrected chi connectivity index (χ2v) is 2.95. The van der Waals surface area contributed by atoms with Crippen molar-refractivity contribution < 1.29 is 9.90 Å². The van der Waals surface area contributed by atoms with Crippen molar-refractivity contribution in [2.45, 2.75) is 6.42 Å². The predicted molar refractivity (Wildman–Crippen MR) is 51.9 cm³/mol. The molecule has 0 aliphatic rings. The highest BCUT2D eigenvalue weighted by Crippen LogP contribution is 2.20. The van der Waals surface area contributed by atoms with Gasteiger partial charge in [-0.1, -0.05) is 17.7 Å². The standard InChI is InChI=1S/C9H10ClNO2/c10-9-5-8(11-6-13)2-1-7(9)3-4-12/h1-2,5-6,12H,3-4H2,(H,11,13). The minimum Gasteiger partial charge on any atom is -0.396 e. The Kier molecular flexibility index (Phi) is 3.73. The number of carbonyl (C=O) groups is 1. The first kappa shape index (κ1) is 10.0. The lowest BCUT2D eigenvalue weighted by atomic mass is 10.1. The predicted octanol–water partition coefficient (Wildman–Crippen LogP) is 1.44. The Bertz CT molecular complexity index is 302. The van der Waals surface area contributed by atoms with Crippen LogP contribution in [0.25, 0.3) is 0 Å². The average Bonchev–Trinajstić information content (AvgIpc) is 2.10. The van der Waals surface area contributed by atoms with Crippen LogP contribution in [0.3, 0.4) is 0 Å². The Morgan fingerprint density at radius 2 is 2.31 bits per heavy atom. The summed E-state index contributed by atoms with van der Waals surface area (Å²) in [7, 11) is 0. The molecule has 2 N–H and O–H groups in total. The van der Waals surface area contributed by atoms with Gasteiger partial charge in [-0.25, -0.2) is 0 Å². The van der Waals surface area contributed by atoms with Gasteiger partial charge in [0.25, 0.3) is 0 Å². The first-order valence-electron chi connectivity index (χ1n) is 3.87. The normalized spacial score (nSPS) is 9.69. The smallest absolute Gasteiger partial charge is 0.211 e. The lowest BCUT2D eigenvalue weighted by Gasteiger charge is -2.04. The fraction of sp³-hybridized carbons (Fsp3) is 0.222. The fourth-order valence-corrected chi connectivity index (χ4v) is 1.30. The Morgan fingerprint density at radius 1 is 1.54 bits per heavy atom. The average molecular weight is 200 g/mol. The van der Waals surface area contributed by atoms with E-state index in [0.29, 0.717) is 23.5 Å². The van der Waals surface area contributed by atoms with Crippen LogP contribution in [0, 0.1) is 0 Å². The van der Waals surface area contributed by atoms with Gasteiger partial charge in [-0.15, -0.1) is 0 Å². The molecule has 0 aliphatic carbocycles. The zero-order valence-corrected chi connectivity index (χ0v) is 7.71. The minimum atomic E-state index is 0.0696. The van der Waals surface area contributed by atoms with E-state index in [-0.39, 0.29) is 6.61 Å². The van der Waals surface area contributed by atoms with E-state index >= 15 is 0 Å². The lowest BCUT2D eigenvalue weighted by Crippen LogP contribution is -1.96. The zero-order chi connectivity index (χ0) is 9.68. The summed E-state index contributed by atoms with van der Waals surface area (Å²) >= 11 is 5.88. The number of benzene rings is 1. The van der Waals surface area contributed by atoms with Crippen LogP contribution in [0.15, 0.2) is 18.2 Å². The van der Waals surface area contributed by atoms with Crippen molar-refractivity contribution in [3.8, 4) is 0 Å². The molecule has 1 aromatic rings. The van der Waals surface area contributed by atoms with Crippen LogP contribution in [-0.2, 0) is 11.2 Å². The minimum absolute atomic E-state index is 0.0696. The van der Waals surface area contributed by atoms with Crippen molar-refractivity contribution in [2.24, 2.45) is 0 Å². The summed E-state index contributed by atoms with van der Waals surface area (Å²) in [6, 6.07) is 5.18. The van der Waals surface area contributed by atoms with Gasteiger partial charge in [0.2, 0.25) is 6.41 Å². The number of aliphatic hydroxyl groups is 1. The van der Waals surface area contributed by atoms with Gasteiger partial charge >= 0.3 is 0 Å². The van der Waals surface area contributed by atoms with Crippen LogP contribution in [0.2, 0.25) is 5.02 Å². The SMILES string of the molecule is O=CNc1ccc(CCO)c(Cl)c1. The molecule has 0 fully saturated rings. The molecule has 0 atom stereocenters. The number of nitrogens with one attached hydrogen (secondary N) is 1. The molecular formula is C9H10ClNO2. The molecule has 0 heterocycles. The Morgan fingerprint density at radius 3 is 2.85 bits per heavy atom. The van der Waals surface area contributed by atoms with Crippen molar-refractivity contribution in [3.05, 3.63) is 28.8 Å². The van der Waals surface area contributed by atoms with Gasteiger partial charge in [-0.2, -0.15) is 0 Å². The van der Waals surface area contributed by atoms with E-state index in [1.165, 1.54) is 0 Å². The number of rotatable bonds is 4. The molecular weight excluding hydrogens is 190 g/mol. The van der Waals surface area contributed by atoms with Crippen LogP contribution in [0.5, 0.6) is 0 Å². The number of hydrogen-bond donors (Lipinski definition) is 2. The number of hydrogen-bond acceptors (Lipinski definition) is 2. The van der Waals surface area contributed by atoms with Gasteiger partial charge < -0.3 is 10.4 Å². The highest BCUT2D eigenvalue weighted by atomic mass is 35.5. The molecule has 13 heavy (non-hydrogen) atoms. The number of halogens is 1. The lowest BCUT2D eigenvalue weighted by molar-refractivity contribution is -0.105. The van der Waals surface area contributed by atoms with E-state index in [2.05, 4.69) is 5.32 Å². The van der Waals surface area contributed by atoms with Gasteiger partial charge in [-0.05, 0) is 24.1 Å². The summed E-state index contributed by atoms with van der Waals surface area (Å²) in [4.78, 5) is 10.1. The van der Waals surface area contributed by atoms with Gasteiger partial charge in [0.15, 0.2) is 0 Å². The number of amides is 1. The van der Waals surface area contributed by atoms with Crippen LogP contribution >= 0.6 is 11.6 Å². The third-order valence-corrected chi connectivity index (χ3v) is 2.01. The van der Waals surface area contributed by atoms with E-state index in [1.807, 2.05) is 0 Å². The van der Waals surface area contributed by atoms with E-state index in [0.717, 1.165) is 5.56 Å². The first-order valence-corrected chi connectivity index (χ1v) is 4.25. The number of carbonyl (C=O) groups excluding carboxylic acids is 1. The Hall–Kier alpha value is -1.06. The summed E-state index contributed by atoms with van der Waals surface area (Å²) in [5.41, 5.74) is 1.53. The van der Waals surface area contributed by atoms with Crippen molar-refractivity contribution in [3.63, 3.8) is 0 Å². The molecule has 0 aromatic heterocycles. The van der Waals surface area contributed by atoms with Gasteiger partial charge in [0.05, 0.1) is 0 Å². The molecule has 0 unspecified atom stereocenters. The summed E-state index contributed by atoms with van der Waals surface area (Å²) in [6.07, 6.45) is 1.12. The van der Waals surface area contributed by atoms with Crippen molar-refractivity contribution in [1.29, 1.82) is 0 Å². The van der Waals surface area contributed by atoms with Crippen LogP contribution in [0.1, 0.15) is 5.56 Å². The Balaban J connectivity index is 2.84. The third kappa shape index (κ3) is 2.72. The second-order valence-electron chi connectivity index (χ2n) is 2.54. The summed E-state index contributed by atoms with van der Waals surface area (Å²) < 4.78 is 0. The van der Waals surface area contributed by atoms with Crippen LogP contribution in [0.4, 0.5) is 5.69 Å². The molecule has 4 heteroatoms. The summed E-state index contributed by atoms with van der Waals surface area (Å²) in [5.74, 6) is 0. The largest absolute Gasteiger partial charge is 0.396 e. The maximum atomic E-state index is 10.1. The van der Waals surface area contributed by atoms with Crippen molar-refractivity contribution in [1.82, 2.24) is 0 Å². The number of aliphatic hydroxyl groups excluding tert-OH is 1. The summed E-state index contributed by atoms with van der Waals surface area (Å²) in [5, 5.41) is 11.7. The molecule has 1 rings (SSSR count). The van der Waals surface area contributed by atoms with Gasteiger partial charge in [0.1, 0.15) is 0 Å². The molecule has 0 aliphatic heterocycles. The van der Waals surface area contributed by atoms with E-state index < -0.39 is 0 Å². The van der Waals surface area contributed by atoms with Crippen molar-refractivity contribution in [2.75, 3.05) is 11.9 Å². The molecule has 0 saturated carbocycles. The molecule has 70 valence electrons. The monoisotopic (exact) mass is 199 g/mol. The molecule has 0 radical (unpaired) electrons. The summed E-state index contributed by atoms with van der Waals surface area (Å²) in [6.45, 7) is 0.0696. The maximum Gasteiger partial charge on any atom is 0.211 e. The van der Waals surface area contributed by atoms with E-state index in [4.69, 9.17) is 16.7 Å². The fourth-order valence-electron chi connectivity index (χ4n) is 1.03. The van der Waals surface area contributed by atoms with E-state index in [9.17, 15) is 4.79 Å². The molecule has 0 saturated heterocycles. The third-order valence-electron chi connectivity index (χ3n) is 1.66. The molecule has 1 amide bonds. The molecule has 0 bridgehead atoms. The highest BCUT2D eigenvalue weighted by Gasteiger charge is 2.00. The quantitative estimate of drug-likeness (QED) is 0.721. The maximum absolute atomic E-state index is 10.1. The highest BCUT2D eigenvalue weighted by molar-refractivity contribution is 6.31. The van der Waals surface area contributed by atoms with Crippen molar-refractivity contribution >= 4 is 23.7 Å². The van der Waals surface area contributed by atoms with E-state index in [1.54, 1.807) is 18.2 Å². The van der Waals surface area contributed by atoms with Crippen LogP contribution in [-0.4, -0.2) is 18.1 Å². The second kappa shape index (κ2) is 4.84. The molecule has 0 spiro atoms. The van der Waals surface area contributed by atoms with Crippen LogP contribution < -0.4 is 5.32 Å². The molecule has 3 nitrogen and oxygen atoms in total. The number of anilines is 1. The zero-order valence-electron chi connectivity index (χ0n) is 6.96.